The maximum absolute atomic E-state index is 12.4. The van der Waals surface area contributed by atoms with E-state index in [0.717, 1.165) is 11.4 Å². The third-order valence-electron chi connectivity index (χ3n) is 3.77. The lowest BCUT2D eigenvalue weighted by Gasteiger charge is -2.14. The summed E-state index contributed by atoms with van der Waals surface area (Å²) in [5.41, 5.74) is 1.53. The summed E-state index contributed by atoms with van der Waals surface area (Å²) in [6.45, 7) is 6.60. The first-order valence-electron chi connectivity index (χ1n) is 8.18. The van der Waals surface area contributed by atoms with Crippen LogP contribution in [0.1, 0.15) is 37.2 Å². The fourth-order valence-electron chi connectivity index (χ4n) is 2.57. The molecule has 0 aliphatic rings. The van der Waals surface area contributed by atoms with E-state index in [1.807, 2.05) is 23.7 Å². The topological polar surface area (TPSA) is 90.5 Å². The van der Waals surface area contributed by atoms with Crippen molar-refractivity contribution in [1.29, 1.82) is 0 Å². The van der Waals surface area contributed by atoms with Crippen LogP contribution in [0.3, 0.4) is 0 Å². The molecule has 8 heteroatoms. The van der Waals surface area contributed by atoms with Crippen LogP contribution in [0.5, 0.6) is 0 Å². The minimum atomic E-state index is -0.121. The third kappa shape index (κ3) is 3.90. The van der Waals surface area contributed by atoms with Gasteiger partial charge in [0.15, 0.2) is 5.82 Å². The minimum absolute atomic E-state index is 0.0575. The number of benzene rings is 1. The first-order valence-corrected chi connectivity index (χ1v) is 8.18. The lowest BCUT2D eigenvalue weighted by atomic mass is 10.1. The molecule has 3 rings (SSSR count). The van der Waals surface area contributed by atoms with Crippen LogP contribution in [0.2, 0.25) is 0 Å². The van der Waals surface area contributed by atoms with Crippen molar-refractivity contribution in [1.82, 2.24) is 34.8 Å². The average molecular weight is 339 g/mol. The molecule has 25 heavy (non-hydrogen) atoms. The predicted molar refractivity (Wildman–Crippen MR) is 92.8 cm³/mol. The highest BCUT2D eigenvalue weighted by Crippen LogP contribution is 2.20. The van der Waals surface area contributed by atoms with Gasteiger partial charge in [-0.1, -0.05) is 12.1 Å². The van der Waals surface area contributed by atoms with Crippen molar-refractivity contribution in [2.45, 2.75) is 39.4 Å². The molecular weight excluding hydrogens is 318 g/mol. The van der Waals surface area contributed by atoms with Gasteiger partial charge in [0.2, 0.25) is 0 Å². The van der Waals surface area contributed by atoms with E-state index in [9.17, 15) is 4.79 Å². The van der Waals surface area contributed by atoms with Gasteiger partial charge in [-0.15, -0.1) is 0 Å². The summed E-state index contributed by atoms with van der Waals surface area (Å²) in [6.07, 6.45) is 4.65. The Bertz CT molecular complexity index is 821. The maximum atomic E-state index is 12.4. The number of aromatic nitrogens is 6. The Morgan fingerprint density at radius 1 is 1.12 bits per heavy atom. The molecule has 0 aliphatic carbocycles. The van der Waals surface area contributed by atoms with Gasteiger partial charge in [0.05, 0.1) is 6.54 Å². The van der Waals surface area contributed by atoms with Gasteiger partial charge in [-0.2, -0.15) is 10.2 Å². The quantitative estimate of drug-likeness (QED) is 0.741. The van der Waals surface area contributed by atoms with E-state index in [-0.39, 0.29) is 18.0 Å². The molecule has 0 saturated carbocycles. The maximum Gasteiger partial charge on any atom is 0.251 e. The zero-order valence-corrected chi connectivity index (χ0v) is 14.5. The van der Waals surface area contributed by atoms with E-state index in [1.54, 1.807) is 29.5 Å². The van der Waals surface area contributed by atoms with Crippen LogP contribution in [0.4, 0.5) is 0 Å². The van der Waals surface area contributed by atoms with Gasteiger partial charge in [0.1, 0.15) is 19.0 Å². The van der Waals surface area contributed by atoms with Gasteiger partial charge in [-0.3, -0.25) is 9.48 Å². The van der Waals surface area contributed by atoms with Gasteiger partial charge in [-0.05, 0) is 32.9 Å². The number of amides is 1. The third-order valence-corrected chi connectivity index (χ3v) is 3.77. The predicted octanol–water partition coefficient (Wildman–Crippen LogP) is 1.94. The zero-order chi connectivity index (χ0) is 17.8. The summed E-state index contributed by atoms with van der Waals surface area (Å²) in [5.74, 6) is 0.672. The normalized spacial score (nSPS) is 12.3. The molecule has 8 nitrogen and oxygen atoms in total. The van der Waals surface area contributed by atoms with E-state index in [2.05, 4.69) is 39.3 Å². The second-order valence-electron chi connectivity index (χ2n) is 6.19. The Balaban J connectivity index is 1.67. The lowest BCUT2D eigenvalue weighted by Crippen LogP contribution is -2.35. The Labute approximate surface area is 145 Å². The molecule has 0 bridgehead atoms. The van der Waals surface area contributed by atoms with E-state index < -0.39 is 0 Å². The molecule has 2 aromatic heterocycles. The Hall–Kier alpha value is -3.03. The van der Waals surface area contributed by atoms with Crippen LogP contribution < -0.4 is 5.32 Å². The Kier molecular flexibility index (Phi) is 4.87. The van der Waals surface area contributed by atoms with Crippen molar-refractivity contribution >= 4 is 5.91 Å². The van der Waals surface area contributed by atoms with Gasteiger partial charge >= 0.3 is 0 Å². The molecule has 0 saturated heterocycles. The van der Waals surface area contributed by atoms with Crippen LogP contribution in [-0.4, -0.2) is 41.5 Å². The van der Waals surface area contributed by atoms with Crippen LogP contribution in [0, 0.1) is 0 Å². The van der Waals surface area contributed by atoms with Gasteiger partial charge in [0.25, 0.3) is 5.91 Å². The first kappa shape index (κ1) is 16.8. The first-order chi connectivity index (χ1) is 12.0. The average Bonchev–Trinajstić information content (AvgIpc) is 3.26. The summed E-state index contributed by atoms with van der Waals surface area (Å²) >= 11 is 0. The molecular formula is C17H21N7O. The molecule has 0 fully saturated rings. The molecule has 2 heterocycles. The van der Waals surface area contributed by atoms with Crippen molar-refractivity contribution in [2.75, 3.05) is 0 Å². The number of nitrogens with zero attached hydrogens (tertiary/aromatic N) is 6. The van der Waals surface area contributed by atoms with Gasteiger partial charge < -0.3 is 5.32 Å². The van der Waals surface area contributed by atoms with Crippen LogP contribution in [0.15, 0.2) is 43.2 Å². The number of rotatable bonds is 6. The summed E-state index contributed by atoms with van der Waals surface area (Å²) in [6, 6.07) is 7.54. The smallest absolute Gasteiger partial charge is 0.251 e. The largest absolute Gasteiger partial charge is 0.348 e. The molecule has 1 atom stereocenters. The Morgan fingerprint density at radius 3 is 2.52 bits per heavy atom. The number of nitrogens with one attached hydrogen (secondary N) is 1. The van der Waals surface area contributed by atoms with Gasteiger partial charge in [0, 0.05) is 23.2 Å². The lowest BCUT2D eigenvalue weighted by molar-refractivity contribution is 0.0936. The van der Waals surface area contributed by atoms with Crippen LogP contribution >= 0.6 is 0 Å². The molecule has 3 aromatic rings. The van der Waals surface area contributed by atoms with E-state index in [4.69, 9.17) is 0 Å². The molecule has 0 radical (unpaired) electrons. The minimum Gasteiger partial charge on any atom is -0.348 e. The highest BCUT2D eigenvalue weighted by molar-refractivity contribution is 5.94. The summed E-state index contributed by atoms with van der Waals surface area (Å²) in [5, 5.41) is 11.2. The molecule has 1 N–H and O–H groups in total. The molecule has 1 aromatic carbocycles. The van der Waals surface area contributed by atoms with Crippen molar-refractivity contribution < 1.29 is 4.79 Å². The fraction of sp³-hybridized carbons (Fsp3) is 0.353. The second-order valence-corrected chi connectivity index (χ2v) is 6.19. The van der Waals surface area contributed by atoms with Crippen molar-refractivity contribution in [3.05, 3.63) is 48.8 Å². The van der Waals surface area contributed by atoms with Crippen molar-refractivity contribution in [3.8, 4) is 11.4 Å². The monoisotopic (exact) mass is 339 g/mol. The highest BCUT2D eigenvalue weighted by Gasteiger charge is 2.13. The molecule has 130 valence electrons. The zero-order valence-electron chi connectivity index (χ0n) is 14.5. The molecule has 0 unspecified atom stereocenters. The molecule has 0 aliphatic heterocycles. The number of carbonyl (C=O) groups is 1. The van der Waals surface area contributed by atoms with Crippen LogP contribution in [0.25, 0.3) is 11.4 Å². The standard InChI is InChI=1S/C17H21N7O/c1-12(2)24-16(19-10-21-24)14-4-6-15(7-5-14)17(25)22-13(3)8-23-11-18-9-20-23/h4-7,9-13H,8H2,1-3H3,(H,22,25)/t13-/m1/s1. The highest BCUT2D eigenvalue weighted by atomic mass is 16.1. The molecule has 1 amide bonds. The number of carbonyl (C=O) groups excluding carboxylic acids is 1. The SMILES string of the molecule is CC(C)n1ncnc1-c1ccc(C(=O)N[C@H](C)Cn2cncn2)cc1. The van der Waals surface area contributed by atoms with Crippen molar-refractivity contribution in [3.63, 3.8) is 0 Å². The van der Waals surface area contributed by atoms with Crippen LogP contribution in [-0.2, 0) is 6.54 Å². The summed E-state index contributed by atoms with van der Waals surface area (Å²) in [4.78, 5) is 20.6. The van der Waals surface area contributed by atoms with E-state index in [0.29, 0.717) is 12.1 Å². The molecule has 0 spiro atoms. The summed E-state index contributed by atoms with van der Waals surface area (Å²) in [7, 11) is 0. The van der Waals surface area contributed by atoms with Crippen molar-refractivity contribution in [2.24, 2.45) is 0 Å². The van der Waals surface area contributed by atoms with E-state index in [1.165, 1.54) is 6.33 Å². The number of hydrogen-bond acceptors (Lipinski definition) is 5. The Morgan fingerprint density at radius 2 is 1.88 bits per heavy atom. The number of hydrogen-bond donors (Lipinski definition) is 1. The van der Waals surface area contributed by atoms with E-state index >= 15 is 0 Å². The second kappa shape index (κ2) is 7.25. The fourth-order valence-corrected chi connectivity index (χ4v) is 2.57. The summed E-state index contributed by atoms with van der Waals surface area (Å²) < 4.78 is 3.54. The van der Waals surface area contributed by atoms with Gasteiger partial charge in [-0.25, -0.2) is 14.6 Å².